The number of morpholine rings is 1. The van der Waals surface area contributed by atoms with Gasteiger partial charge in [-0.05, 0) is 55.5 Å². The van der Waals surface area contributed by atoms with E-state index >= 15 is 0 Å². The van der Waals surface area contributed by atoms with Crippen molar-refractivity contribution in [3.05, 3.63) is 52.7 Å². The van der Waals surface area contributed by atoms with Crippen LogP contribution >= 0.6 is 0 Å². The lowest BCUT2D eigenvalue weighted by atomic mass is 9.89. The maximum Gasteiger partial charge on any atom is 0.338 e. The van der Waals surface area contributed by atoms with Crippen LogP contribution in [0.1, 0.15) is 39.9 Å². The molecule has 5 rings (SSSR count). The number of sulfone groups is 1. The second kappa shape index (κ2) is 8.94. The fourth-order valence-corrected chi connectivity index (χ4v) is 5.81. The molecule has 0 bridgehead atoms. The normalized spacial score (nSPS) is 20.4. The van der Waals surface area contributed by atoms with Gasteiger partial charge in [0.1, 0.15) is 12.4 Å². The Hall–Kier alpha value is -2.49. The Balaban J connectivity index is 1.17. The number of piperidine rings is 1. The highest BCUT2D eigenvalue weighted by molar-refractivity contribution is 7.90. The molecule has 2 saturated heterocycles. The number of carbonyl (C=O) groups excluding carboxylic acids is 1. The minimum atomic E-state index is -3.25. The van der Waals surface area contributed by atoms with Crippen LogP contribution in [0.2, 0.25) is 0 Å². The predicted octanol–water partition coefficient (Wildman–Crippen LogP) is 2.38. The Bertz CT molecular complexity index is 1190. The van der Waals surface area contributed by atoms with Gasteiger partial charge in [0.05, 0.1) is 22.7 Å². The van der Waals surface area contributed by atoms with E-state index < -0.39 is 9.84 Å². The number of anilines is 1. The summed E-state index contributed by atoms with van der Waals surface area (Å²) in [6, 6.07) is 7.39. The Kier molecular flexibility index (Phi) is 6.12. The topological polar surface area (TPSA) is 89.0 Å². The number of benzene rings is 1. The molecular formula is C25H31N3O5S. The average molecular weight is 486 g/mol. The molecule has 1 spiro atoms. The molecule has 0 unspecified atom stereocenters. The highest BCUT2D eigenvalue weighted by Gasteiger charge is 2.40. The summed E-state index contributed by atoms with van der Waals surface area (Å²) in [5.41, 5.74) is 4.01. The molecule has 3 aliphatic heterocycles. The van der Waals surface area contributed by atoms with E-state index in [4.69, 9.17) is 9.47 Å². The number of hydrogen-bond acceptors (Lipinski definition) is 8. The second-order valence-electron chi connectivity index (χ2n) is 9.62. The molecule has 0 radical (unpaired) electrons. The minimum Gasteiger partial charge on any atom is -0.457 e. The van der Waals surface area contributed by atoms with Crippen molar-refractivity contribution in [3.63, 3.8) is 0 Å². The first kappa shape index (κ1) is 23.3. The molecule has 2 fully saturated rings. The van der Waals surface area contributed by atoms with Gasteiger partial charge in [0, 0.05) is 50.7 Å². The highest BCUT2D eigenvalue weighted by atomic mass is 32.2. The third-order valence-electron chi connectivity index (χ3n) is 7.46. The molecule has 0 amide bonds. The molecule has 0 atom stereocenters. The minimum absolute atomic E-state index is 0.187. The molecule has 1 aromatic carbocycles. The average Bonchev–Trinajstić information content (AvgIpc) is 3.21. The fraction of sp³-hybridized carbons (Fsp3) is 0.520. The van der Waals surface area contributed by atoms with Crippen molar-refractivity contribution >= 4 is 21.6 Å². The van der Waals surface area contributed by atoms with Crippen LogP contribution in [0.3, 0.4) is 0 Å². The predicted molar refractivity (Wildman–Crippen MR) is 128 cm³/mol. The van der Waals surface area contributed by atoms with Crippen molar-refractivity contribution in [2.24, 2.45) is 0 Å². The number of nitrogens with zero attached hydrogens (tertiary/aromatic N) is 3. The van der Waals surface area contributed by atoms with Gasteiger partial charge in [0.2, 0.25) is 0 Å². The summed E-state index contributed by atoms with van der Waals surface area (Å²) < 4.78 is 34.9. The summed E-state index contributed by atoms with van der Waals surface area (Å²) in [6.07, 6.45) is 5.50. The number of likely N-dealkylation sites (tertiary alicyclic amines) is 1. The summed E-state index contributed by atoms with van der Waals surface area (Å²) in [7, 11) is -3.25. The van der Waals surface area contributed by atoms with E-state index in [1.54, 1.807) is 12.1 Å². The summed E-state index contributed by atoms with van der Waals surface area (Å²) in [4.78, 5) is 21.1. The fourth-order valence-electron chi connectivity index (χ4n) is 5.25. The van der Waals surface area contributed by atoms with E-state index in [1.165, 1.54) is 23.6 Å². The zero-order chi connectivity index (χ0) is 23.9. The lowest BCUT2D eigenvalue weighted by Gasteiger charge is -2.47. The van der Waals surface area contributed by atoms with E-state index in [-0.39, 0.29) is 16.5 Å². The third-order valence-corrected chi connectivity index (χ3v) is 8.56. The Morgan fingerprint density at radius 1 is 1.12 bits per heavy atom. The Labute approximate surface area is 200 Å². The van der Waals surface area contributed by atoms with Gasteiger partial charge in [-0.2, -0.15) is 0 Å². The first-order valence-corrected chi connectivity index (χ1v) is 13.7. The van der Waals surface area contributed by atoms with Gasteiger partial charge in [-0.15, -0.1) is 0 Å². The van der Waals surface area contributed by atoms with Crippen molar-refractivity contribution in [3.8, 4) is 0 Å². The van der Waals surface area contributed by atoms with Crippen LogP contribution in [-0.4, -0.2) is 75.5 Å². The van der Waals surface area contributed by atoms with Gasteiger partial charge in [-0.25, -0.2) is 18.2 Å². The van der Waals surface area contributed by atoms with Gasteiger partial charge in [-0.3, -0.25) is 0 Å². The molecule has 8 nitrogen and oxygen atoms in total. The van der Waals surface area contributed by atoms with Gasteiger partial charge >= 0.3 is 5.97 Å². The van der Waals surface area contributed by atoms with E-state index in [0.29, 0.717) is 18.8 Å². The van der Waals surface area contributed by atoms with Crippen LogP contribution in [0.25, 0.3) is 0 Å². The van der Waals surface area contributed by atoms with Crippen LogP contribution in [0, 0.1) is 6.92 Å². The smallest absolute Gasteiger partial charge is 0.338 e. The van der Waals surface area contributed by atoms with Crippen LogP contribution in [0.15, 0.2) is 35.4 Å². The van der Waals surface area contributed by atoms with E-state index in [2.05, 4.69) is 27.8 Å². The maximum absolute atomic E-state index is 11.8. The number of fused-ring (bicyclic) bond motifs is 1. The monoisotopic (exact) mass is 485 g/mol. The number of cyclic esters (lactones) is 1. The standard InChI is InChI=1S/C25H31N3O5S/c1-18-19(3-5-21-22(18)16-32-24(21)29)7-10-27-11-8-25(9-12-27)17-28(13-14-33-25)23-6-4-20(15-26-23)34(2,30)31/h3-6,15H,7-14,16-17H2,1-2H3. The van der Waals surface area contributed by atoms with E-state index in [0.717, 1.165) is 63.4 Å². The summed E-state index contributed by atoms with van der Waals surface area (Å²) in [5.74, 6) is 0.584. The first-order valence-electron chi connectivity index (χ1n) is 11.8. The largest absolute Gasteiger partial charge is 0.457 e. The summed E-state index contributed by atoms with van der Waals surface area (Å²) in [6.45, 7) is 7.56. The summed E-state index contributed by atoms with van der Waals surface area (Å²) >= 11 is 0. The number of pyridine rings is 1. The Morgan fingerprint density at radius 3 is 2.62 bits per heavy atom. The van der Waals surface area contributed by atoms with Crippen LogP contribution in [-0.2, 0) is 32.3 Å². The molecular weight excluding hydrogens is 454 g/mol. The number of aromatic nitrogens is 1. The lowest BCUT2D eigenvalue weighted by molar-refractivity contribution is -0.0911. The lowest BCUT2D eigenvalue weighted by Crippen LogP contribution is -2.57. The first-order chi connectivity index (χ1) is 16.2. The second-order valence-corrected chi connectivity index (χ2v) is 11.6. The molecule has 3 aliphatic rings. The van der Waals surface area contributed by atoms with Crippen molar-refractivity contribution in [1.82, 2.24) is 9.88 Å². The van der Waals surface area contributed by atoms with Crippen molar-refractivity contribution < 1.29 is 22.7 Å². The SMILES string of the molecule is Cc1c(CCN2CCC3(CC2)CN(c2ccc(S(C)(=O)=O)cn2)CCO3)ccc2c1COC2=O. The molecule has 1 aromatic heterocycles. The zero-order valence-electron chi connectivity index (χ0n) is 19.7. The van der Waals surface area contributed by atoms with Crippen molar-refractivity contribution in [2.75, 3.05) is 50.5 Å². The van der Waals surface area contributed by atoms with Gasteiger partial charge < -0.3 is 19.3 Å². The molecule has 0 aliphatic carbocycles. The van der Waals surface area contributed by atoms with E-state index in [9.17, 15) is 13.2 Å². The number of hydrogen-bond donors (Lipinski definition) is 0. The molecule has 4 heterocycles. The van der Waals surface area contributed by atoms with Crippen molar-refractivity contribution in [1.29, 1.82) is 0 Å². The van der Waals surface area contributed by atoms with E-state index in [1.807, 2.05) is 6.07 Å². The van der Waals surface area contributed by atoms with Crippen LogP contribution in [0.5, 0.6) is 0 Å². The number of esters is 1. The molecule has 2 aromatic rings. The van der Waals surface area contributed by atoms with Crippen LogP contribution < -0.4 is 4.90 Å². The highest BCUT2D eigenvalue weighted by Crippen LogP contribution is 2.32. The van der Waals surface area contributed by atoms with Gasteiger partial charge in [0.25, 0.3) is 0 Å². The number of carbonyl (C=O) groups is 1. The quantitative estimate of drug-likeness (QED) is 0.597. The molecule has 34 heavy (non-hydrogen) atoms. The van der Waals surface area contributed by atoms with Gasteiger partial charge in [0.15, 0.2) is 9.84 Å². The third kappa shape index (κ3) is 4.56. The summed E-state index contributed by atoms with van der Waals surface area (Å²) in [5, 5.41) is 0. The molecule has 0 saturated carbocycles. The molecule has 0 N–H and O–H groups in total. The maximum atomic E-state index is 11.8. The van der Waals surface area contributed by atoms with Crippen LogP contribution in [0.4, 0.5) is 5.82 Å². The molecule has 9 heteroatoms. The zero-order valence-corrected chi connectivity index (χ0v) is 20.6. The molecule has 182 valence electrons. The Morgan fingerprint density at radius 2 is 1.91 bits per heavy atom. The van der Waals surface area contributed by atoms with Gasteiger partial charge in [-0.1, -0.05) is 6.07 Å². The van der Waals surface area contributed by atoms with Crippen molar-refractivity contribution in [2.45, 2.75) is 43.3 Å². The number of rotatable bonds is 5. The number of ether oxygens (including phenoxy) is 2.